The minimum atomic E-state index is -0.744. The smallest absolute Gasteiger partial charge is 0.306 e. The minimum absolute atomic E-state index is 0.0267. The average Bonchev–Trinajstić information content (AvgIpc) is 2.67. The molecule has 3 rings (SSSR count). The lowest BCUT2D eigenvalue weighted by Crippen LogP contribution is -2.37. The first-order valence-corrected chi connectivity index (χ1v) is 8.81. The van der Waals surface area contributed by atoms with Crippen molar-refractivity contribution in [2.24, 2.45) is 11.8 Å². The highest BCUT2D eigenvalue weighted by Gasteiger charge is 2.30. The third-order valence-electron chi connectivity index (χ3n) is 5.01. The Kier molecular flexibility index (Phi) is 5.49. The van der Waals surface area contributed by atoms with Gasteiger partial charge in [0, 0.05) is 12.1 Å². The average molecular weight is 337 g/mol. The fraction of sp³-hybridized carbons (Fsp3) is 0.333. The quantitative estimate of drug-likeness (QED) is 0.867. The first-order valence-electron chi connectivity index (χ1n) is 8.81. The molecular weight excluding hydrogens is 314 g/mol. The van der Waals surface area contributed by atoms with Crippen molar-refractivity contribution in [2.75, 3.05) is 6.54 Å². The van der Waals surface area contributed by atoms with Crippen molar-refractivity contribution in [3.63, 3.8) is 0 Å². The largest absolute Gasteiger partial charge is 0.481 e. The van der Waals surface area contributed by atoms with E-state index in [0.717, 1.165) is 30.4 Å². The summed E-state index contributed by atoms with van der Waals surface area (Å²) in [5, 5.41) is 12.2. The SMILES string of the molecule is O=C(NC[C@@H]1CCCC[C@@H]1C(=O)O)c1ccc(-c2ccccc2)cc1. The van der Waals surface area contributed by atoms with Gasteiger partial charge in [-0.2, -0.15) is 0 Å². The molecule has 0 saturated heterocycles. The van der Waals surface area contributed by atoms with Crippen molar-refractivity contribution in [1.29, 1.82) is 0 Å². The van der Waals surface area contributed by atoms with Crippen LogP contribution in [0.2, 0.25) is 0 Å². The van der Waals surface area contributed by atoms with Crippen LogP contribution in [0.15, 0.2) is 54.6 Å². The number of carboxylic acids is 1. The summed E-state index contributed by atoms with van der Waals surface area (Å²) in [6.45, 7) is 0.427. The van der Waals surface area contributed by atoms with Gasteiger partial charge in [-0.15, -0.1) is 0 Å². The van der Waals surface area contributed by atoms with Crippen LogP contribution in [0.1, 0.15) is 36.0 Å². The molecule has 0 bridgehead atoms. The third kappa shape index (κ3) is 4.27. The zero-order chi connectivity index (χ0) is 17.6. The topological polar surface area (TPSA) is 66.4 Å². The second kappa shape index (κ2) is 7.97. The second-order valence-electron chi connectivity index (χ2n) is 6.64. The fourth-order valence-electron chi connectivity index (χ4n) is 3.55. The highest BCUT2D eigenvalue weighted by molar-refractivity contribution is 5.94. The molecule has 1 aliphatic rings. The molecule has 2 N–H and O–H groups in total. The van der Waals surface area contributed by atoms with Crippen LogP contribution in [0, 0.1) is 11.8 Å². The normalized spacial score (nSPS) is 20.0. The standard InChI is InChI=1S/C21H23NO3/c23-20(22-14-18-8-4-5-9-19(18)21(24)25)17-12-10-16(11-13-17)15-6-2-1-3-7-15/h1-3,6-7,10-13,18-19H,4-5,8-9,14H2,(H,22,23)(H,24,25)/t18-,19-/m0/s1. The summed E-state index contributed by atoms with van der Waals surface area (Å²) in [5.74, 6) is -1.20. The Bertz CT molecular complexity index is 725. The van der Waals surface area contributed by atoms with E-state index in [0.29, 0.717) is 18.5 Å². The molecule has 1 aliphatic carbocycles. The Morgan fingerprint density at radius 3 is 2.24 bits per heavy atom. The molecule has 1 saturated carbocycles. The Balaban J connectivity index is 1.60. The number of hydrogen-bond donors (Lipinski definition) is 2. The lowest BCUT2D eigenvalue weighted by molar-refractivity contribution is -0.144. The summed E-state index contributed by atoms with van der Waals surface area (Å²) in [6.07, 6.45) is 3.57. The lowest BCUT2D eigenvalue weighted by atomic mass is 9.79. The molecule has 2 aromatic rings. The number of carbonyl (C=O) groups excluding carboxylic acids is 1. The Hall–Kier alpha value is -2.62. The number of nitrogens with one attached hydrogen (secondary N) is 1. The van der Waals surface area contributed by atoms with Gasteiger partial charge >= 0.3 is 5.97 Å². The zero-order valence-corrected chi connectivity index (χ0v) is 14.2. The van der Waals surface area contributed by atoms with E-state index < -0.39 is 5.97 Å². The number of rotatable bonds is 5. The molecule has 1 fully saturated rings. The van der Waals surface area contributed by atoms with Crippen molar-refractivity contribution in [3.8, 4) is 11.1 Å². The van der Waals surface area contributed by atoms with Gasteiger partial charge < -0.3 is 10.4 Å². The lowest BCUT2D eigenvalue weighted by Gasteiger charge is -2.28. The van der Waals surface area contributed by atoms with E-state index in [4.69, 9.17) is 0 Å². The van der Waals surface area contributed by atoms with Gasteiger partial charge in [0.1, 0.15) is 0 Å². The minimum Gasteiger partial charge on any atom is -0.481 e. The second-order valence-corrected chi connectivity index (χ2v) is 6.64. The van der Waals surface area contributed by atoms with Crippen molar-refractivity contribution in [1.82, 2.24) is 5.32 Å². The van der Waals surface area contributed by atoms with Gasteiger partial charge in [-0.05, 0) is 42.0 Å². The summed E-state index contributed by atoms with van der Waals surface area (Å²) in [4.78, 5) is 23.7. The Labute approximate surface area is 147 Å². The molecule has 0 aromatic heterocycles. The van der Waals surface area contributed by atoms with Crippen molar-refractivity contribution >= 4 is 11.9 Å². The molecule has 25 heavy (non-hydrogen) atoms. The first kappa shape index (κ1) is 17.2. The van der Waals surface area contributed by atoms with Gasteiger partial charge in [0.15, 0.2) is 0 Å². The first-order chi connectivity index (χ1) is 12.1. The predicted molar refractivity (Wildman–Crippen MR) is 97.3 cm³/mol. The van der Waals surface area contributed by atoms with Gasteiger partial charge in [-0.3, -0.25) is 9.59 Å². The van der Waals surface area contributed by atoms with E-state index in [1.165, 1.54) is 0 Å². The molecule has 0 aliphatic heterocycles. The van der Waals surface area contributed by atoms with Crippen molar-refractivity contribution in [2.45, 2.75) is 25.7 Å². The fourth-order valence-corrected chi connectivity index (χ4v) is 3.55. The molecule has 4 heteroatoms. The summed E-state index contributed by atoms with van der Waals surface area (Å²) in [5.41, 5.74) is 2.78. The zero-order valence-electron chi connectivity index (χ0n) is 14.2. The van der Waals surface area contributed by atoms with Gasteiger partial charge in [0.05, 0.1) is 5.92 Å². The molecule has 0 unspecified atom stereocenters. The number of aliphatic carboxylic acids is 1. The van der Waals surface area contributed by atoms with Crippen molar-refractivity contribution in [3.05, 3.63) is 60.2 Å². The number of hydrogen-bond acceptors (Lipinski definition) is 2. The van der Waals surface area contributed by atoms with Crippen LogP contribution in [0.5, 0.6) is 0 Å². The molecule has 0 radical (unpaired) electrons. The number of carboxylic acid groups (broad SMARTS) is 1. The van der Waals surface area contributed by atoms with E-state index in [9.17, 15) is 14.7 Å². The van der Waals surface area contributed by atoms with Crippen LogP contribution in [-0.4, -0.2) is 23.5 Å². The summed E-state index contributed by atoms with van der Waals surface area (Å²) in [6, 6.07) is 17.5. The number of benzene rings is 2. The molecule has 130 valence electrons. The number of amides is 1. The van der Waals surface area contributed by atoms with Gasteiger partial charge in [0.25, 0.3) is 5.91 Å². The predicted octanol–water partition coefficient (Wildman–Crippen LogP) is 3.97. The van der Waals surface area contributed by atoms with Crippen molar-refractivity contribution < 1.29 is 14.7 Å². The molecule has 1 amide bonds. The maximum atomic E-state index is 12.4. The Morgan fingerprint density at radius 1 is 0.920 bits per heavy atom. The van der Waals surface area contributed by atoms with E-state index in [-0.39, 0.29) is 17.7 Å². The Morgan fingerprint density at radius 2 is 1.56 bits per heavy atom. The molecule has 2 atom stereocenters. The summed E-state index contributed by atoms with van der Waals surface area (Å²) < 4.78 is 0. The maximum Gasteiger partial charge on any atom is 0.306 e. The molecule has 2 aromatic carbocycles. The van der Waals surface area contributed by atoms with E-state index in [1.807, 2.05) is 54.6 Å². The highest BCUT2D eigenvalue weighted by Crippen LogP contribution is 2.29. The van der Waals surface area contributed by atoms with Gasteiger partial charge in [-0.1, -0.05) is 55.3 Å². The van der Waals surface area contributed by atoms with Gasteiger partial charge in [0.2, 0.25) is 0 Å². The summed E-state index contributed by atoms with van der Waals surface area (Å²) in [7, 11) is 0. The third-order valence-corrected chi connectivity index (χ3v) is 5.01. The van der Waals surface area contributed by atoms with Crippen LogP contribution in [0.25, 0.3) is 11.1 Å². The van der Waals surface area contributed by atoms with E-state index in [1.54, 1.807) is 0 Å². The van der Waals surface area contributed by atoms with Crippen LogP contribution in [0.4, 0.5) is 0 Å². The van der Waals surface area contributed by atoms with Crippen LogP contribution in [0.3, 0.4) is 0 Å². The van der Waals surface area contributed by atoms with Crippen LogP contribution < -0.4 is 5.32 Å². The molecule has 4 nitrogen and oxygen atoms in total. The van der Waals surface area contributed by atoms with E-state index >= 15 is 0 Å². The molecule has 0 spiro atoms. The van der Waals surface area contributed by atoms with Crippen LogP contribution >= 0.6 is 0 Å². The highest BCUT2D eigenvalue weighted by atomic mass is 16.4. The monoisotopic (exact) mass is 337 g/mol. The van der Waals surface area contributed by atoms with Gasteiger partial charge in [-0.25, -0.2) is 0 Å². The van der Waals surface area contributed by atoms with Crippen LogP contribution in [-0.2, 0) is 4.79 Å². The summed E-state index contributed by atoms with van der Waals surface area (Å²) >= 11 is 0. The number of carbonyl (C=O) groups is 2. The molecular formula is C21H23NO3. The molecule has 0 heterocycles. The van der Waals surface area contributed by atoms with E-state index in [2.05, 4.69) is 5.32 Å². The maximum absolute atomic E-state index is 12.4.